The molecule has 0 radical (unpaired) electrons. The van der Waals surface area contributed by atoms with Gasteiger partial charge in [0.1, 0.15) is 19.0 Å². The summed E-state index contributed by atoms with van der Waals surface area (Å²) in [4.78, 5) is 4.18. The van der Waals surface area contributed by atoms with Crippen molar-refractivity contribution in [3.8, 4) is 17.2 Å². The molecule has 0 saturated heterocycles. The topological polar surface area (TPSA) is 66.6 Å². The number of aromatic nitrogens is 1. The maximum atomic E-state index is 6.32. The van der Waals surface area contributed by atoms with Gasteiger partial charge in [-0.1, -0.05) is 6.07 Å². The average Bonchev–Trinajstić information content (AvgIpc) is 2.54. The molecule has 1 unspecified atom stereocenters. The zero-order valence-corrected chi connectivity index (χ0v) is 11.9. The summed E-state index contributed by atoms with van der Waals surface area (Å²) in [5.74, 6) is 2.23. The molecule has 1 aliphatic heterocycles. The Morgan fingerprint density at radius 1 is 1.14 bits per heavy atom. The van der Waals surface area contributed by atoms with E-state index in [1.165, 1.54) is 0 Å². The second-order valence-electron chi connectivity index (χ2n) is 4.77. The van der Waals surface area contributed by atoms with Crippen molar-refractivity contribution >= 4 is 0 Å². The van der Waals surface area contributed by atoms with Crippen molar-refractivity contribution in [3.05, 3.63) is 47.8 Å². The minimum Gasteiger partial charge on any atom is -0.492 e. The normalized spacial score (nSPS) is 14.6. The fourth-order valence-corrected chi connectivity index (χ4v) is 2.30. The molecular weight excluding hydrogens is 268 g/mol. The van der Waals surface area contributed by atoms with E-state index >= 15 is 0 Å². The minimum atomic E-state index is -0.284. The first-order valence-corrected chi connectivity index (χ1v) is 7.01. The molecule has 1 aliphatic rings. The van der Waals surface area contributed by atoms with Crippen LogP contribution >= 0.6 is 0 Å². The molecule has 0 saturated carbocycles. The van der Waals surface area contributed by atoms with Crippen LogP contribution in [-0.4, -0.2) is 24.8 Å². The molecule has 0 spiro atoms. The molecule has 21 heavy (non-hydrogen) atoms. The van der Waals surface area contributed by atoms with Gasteiger partial charge in [-0.15, -0.1) is 0 Å². The molecule has 0 amide bonds. The van der Waals surface area contributed by atoms with Gasteiger partial charge in [-0.05, 0) is 36.2 Å². The first-order valence-electron chi connectivity index (χ1n) is 7.01. The summed E-state index contributed by atoms with van der Waals surface area (Å²) in [6, 6.07) is 7.40. The predicted molar refractivity (Wildman–Crippen MR) is 78.9 cm³/mol. The highest BCUT2D eigenvalue weighted by Crippen LogP contribution is 2.33. The molecule has 1 aromatic carbocycles. The van der Waals surface area contributed by atoms with Crippen LogP contribution in [0.3, 0.4) is 0 Å². The highest BCUT2D eigenvalue weighted by atomic mass is 16.6. The quantitative estimate of drug-likeness (QED) is 0.934. The summed E-state index contributed by atoms with van der Waals surface area (Å²) in [7, 11) is 0. The van der Waals surface area contributed by atoms with Crippen molar-refractivity contribution in [2.24, 2.45) is 5.73 Å². The second kappa shape index (κ2) is 6.01. The van der Waals surface area contributed by atoms with E-state index in [0.717, 1.165) is 28.4 Å². The van der Waals surface area contributed by atoms with E-state index in [2.05, 4.69) is 4.98 Å². The van der Waals surface area contributed by atoms with E-state index in [4.69, 9.17) is 19.9 Å². The van der Waals surface area contributed by atoms with Crippen LogP contribution in [0.4, 0.5) is 0 Å². The third kappa shape index (κ3) is 2.92. The summed E-state index contributed by atoms with van der Waals surface area (Å²) in [6.45, 7) is 3.68. The largest absolute Gasteiger partial charge is 0.492 e. The molecule has 2 N–H and O–H groups in total. The van der Waals surface area contributed by atoms with Crippen molar-refractivity contribution < 1.29 is 14.2 Å². The van der Waals surface area contributed by atoms with Gasteiger partial charge in [0.05, 0.1) is 18.8 Å². The van der Waals surface area contributed by atoms with Crippen LogP contribution in [0.15, 0.2) is 36.7 Å². The first kappa shape index (κ1) is 13.7. The monoisotopic (exact) mass is 286 g/mol. The fraction of sp³-hybridized carbons (Fsp3) is 0.312. The molecule has 0 fully saturated rings. The zero-order valence-electron chi connectivity index (χ0n) is 11.9. The lowest BCUT2D eigenvalue weighted by Crippen LogP contribution is -2.17. The van der Waals surface area contributed by atoms with E-state index in [0.29, 0.717) is 19.8 Å². The lowest BCUT2D eigenvalue weighted by Gasteiger charge is -2.20. The summed E-state index contributed by atoms with van der Waals surface area (Å²) in [5, 5.41) is 0. The van der Waals surface area contributed by atoms with Crippen LogP contribution in [0.5, 0.6) is 17.2 Å². The molecule has 5 nitrogen and oxygen atoms in total. The van der Waals surface area contributed by atoms with E-state index in [1.54, 1.807) is 12.4 Å². The number of nitrogens with zero attached hydrogens (tertiary/aromatic N) is 1. The maximum Gasteiger partial charge on any atom is 0.161 e. The SMILES string of the molecule is CCOc1cncc(C(N)c2ccc3c(c2)OCCO3)c1. The Labute approximate surface area is 123 Å². The number of pyridine rings is 1. The molecular formula is C16H18N2O3. The summed E-state index contributed by atoms with van der Waals surface area (Å²) in [5.41, 5.74) is 8.18. The van der Waals surface area contributed by atoms with Crippen LogP contribution in [-0.2, 0) is 0 Å². The molecule has 2 heterocycles. The smallest absolute Gasteiger partial charge is 0.161 e. The van der Waals surface area contributed by atoms with Gasteiger partial charge >= 0.3 is 0 Å². The number of rotatable bonds is 4. The van der Waals surface area contributed by atoms with Crippen LogP contribution in [0.25, 0.3) is 0 Å². The molecule has 1 atom stereocenters. The second-order valence-corrected chi connectivity index (χ2v) is 4.77. The minimum absolute atomic E-state index is 0.284. The van der Waals surface area contributed by atoms with E-state index < -0.39 is 0 Å². The van der Waals surface area contributed by atoms with Gasteiger partial charge in [-0.25, -0.2) is 0 Å². The lowest BCUT2D eigenvalue weighted by molar-refractivity contribution is 0.171. The van der Waals surface area contributed by atoms with Crippen molar-refractivity contribution in [2.45, 2.75) is 13.0 Å². The zero-order chi connectivity index (χ0) is 14.7. The third-order valence-electron chi connectivity index (χ3n) is 3.33. The van der Waals surface area contributed by atoms with Gasteiger partial charge < -0.3 is 19.9 Å². The third-order valence-corrected chi connectivity index (χ3v) is 3.33. The first-order chi connectivity index (χ1) is 10.3. The van der Waals surface area contributed by atoms with Gasteiger partial charge in [0.15, 0.2) is 11.5 Å². The Morgan fingerprint density at radius 2 is 1.95 bits per heavy atom. The van der Waals surface area contributed by atoms with Gasteiger partial charge in [0.2, 0.25) is 0 Å². The maximum absolute atomic E-state index is 6.32. The Kier molecular flexibility index (Phi) is 3.92. The van der Waals surface area contributed by atoms with Crippen LogP contribution in [0.1, 0.15) is 24.1 Å². The molecule has 3 rings (SSSR count). The number of nitrogens with two attached hydrogens (primary N) is 1. The standard InChI is InChI=1S/C16H18N2O3/c1-2-19-13-7-12(9-18-10-13)16(17)11-3-4-14-15(8-11)21-6-5-20-14/h3-4,7-10,16H,2,5-6,17H2,1H3. The molecule has 5 heteroatoms. The molecule has 2 aromatic rings. The van der Waals surface area contributed by atoms with Gasteiger partial charge in [-0.3, -0.25) is 4.98 Å². The fourth-order valence-electron chi connectivity index (χ4n) is 2.30. The predicted octanol–water partition coefficient (Wildman–Crippen LogP) is 2.30. The lowest BCUT2D eigenvalue weighted by atomic mass is 10.0. The Balaban J connectivity index is 1.87. The van der Waals surface area contributed by atoms with E-state index in [1.807, 2.05) is 31.2 Å². The van der Waals surface area contributed by atoms with E-state index in [9.17, 15) is 0 Å². The number of fused-ring (bicyclic) bond motifs is 1. The van der Waals surface area contributed by atoms with Gasteiger partial charge in [0, 0.05) is 6.20 Å². The van der Waals surface area contributed by atoms with Crippen molar-refractivity contribution in [1.82, 2.24) is 4.98 Å². The molecule has 110 valence electrons. The molecule has 1 aromatic heterocycles. The van der Waals surface area contributed by atoms with Gasteiger partial charge in [-0.2, -0.15) is 0 Å². The van der Waals surface area contributed by atoms with Crippen molar-refractivity contribution in [2.75, 3.05) is 19.8 Å². The highest BCUT2D eigenvalue weighted by Gasteiger charge is 2.16. The summed E-state index contributed by atoms with van der Waals surface area (Å²) >= 11 is 0. The number of benzene rings is 1. The number of hydrogen-bond donors (Lipinski definition) is 1. The van der Waals surface area contributed by atoms with Crippen LogP contribution in [0, 0.1) is 0 Å². The van der Waals surface area contributed by atoms with E-state index in [-0.39, 0.29) is 6.04 Å². The number of ether oxygens (including phenoxy) is 3. The Bertz CT molecular complexity index is 631. The Hall–Kier alpha value is -2.27. The molecule has 0 bridgehead atoms. The van der Waals surface area contributed by atoms with Crippen LogP contribution in [0.2, 0.25) is 0 Å². The van der Waals surface area contributed by atoms with Crippen molar-refractivity contribution in [1.29, 1.82) is 0 Å². The average molecular weight is 286 g/mol. The summed E-state index contributed by atoms with van der Waals surface area (Å²) < 4.78 is 16.6. The molecule has 0 aliphatic carbocycles. The number of hydrogen-bond acceptors (Lipinski definition) is 5. The highest BCUT2D eigenvalue weighted by molar-refractivity contribution is 5.46. The van der Waals surface area contributed by atoms with Crippen molar-refractivity contribution in [3.63, 3.8) is 0 Å². The van der Waals surface area contributed by atoms with Gasteiger partial charge in [0.25, 0.3) is 0 Å². The Morgan fingerprint density at radius 3 is 2.76 bits per heavy atom. The summed E-state index contributed by atoms with van der Waals surface area (Å²) in [6.07, 6.45) is 3.44. The van der Waals surface area contributed by atoms with Crippen LogP contribution < -0.4 is 19.9 Å².